The second-order valence-corrected chi connectivity index (χ2v) is 8.55. The lowest BCUT2D eigenvalue weighted by molar-refractivity contribution is 0.647. The molecule has 0 saturated heterocycles. The molecule has 152 valence electrons. The molecule has 0 fully saturated rings. The van der Waals surface area contributed by atoms with E-state index in [0.29, 0.717) is 12.1 Å². The molecule has 9 heteroatoms. The quantitative estimate of drug-likeness (QED) is 0.466. The van der Waals surface area contributed by atoms with E-state index in [-0.39, 0.29) is 5.56 Å². The summed E-state index contributed by atoms with van der Waals surface area (Å²) in [6.07, 6.45) is 7.87. The van der Waals surface area contributed by atoms with Gasteiger partial charge in [-0.05, 0) is 29.3 Å². The second-order valence-electron chi connectivity index (χ2n) is 7.47. The molecule has 0 saturated carbocycles. The third-order valence-corrected chi connectivity index (χ3v) is 6.65. The van der Waals surface area contributed by atoms with Crippen LogP contribution >= 0.6 is 11.3 Å². The molecular weight excluding hydrogens is 410 g/mol. The standard InChI is InChI=1S/C22H17N7OS/c1-28-19-16(20-21(28)26-18(31-20)9-13-5-7-23-8-6-13)11-25-29(22(19)30)12-14-3-2-4-17-15(14)10-24-27-17/h2-8,10-11H,9,12H2,1H3,(H,24,27). The number of aryl methyl sites for hydroxylation is 1. The number of aromatic nitrogens is 7. The van der Waals surface area contributed by atoms with Crippen LogP contribution in [0.4, 0.5) is 0 Å². The lowest BCUT2D eigenvalue weighted by Crippen LogP contribution is -2.24. The molecule has 0 bridgehead atoms. The summed E-state index contributed by atoms with van der Waals surface area (Å²) < 4.78 is 4.39. The molecule has 1 N–H and O–H groups in total. The highest BCUT2D eigenvalue weighted by Crippen LogP contribution is 2.31. The zero-order valence-corrected chi connectivity index (χ0v) is 17.4. The first-order valence-corrected chi connectivity index (χ1v) is 10.6. The van der Waals surface area contributed by atoms with Crippen molar-refractivity contribution in [2.75, 3.05) is 0 Å². The molecule has 0 amide bonds. The van der Waals surface area contributed by atoms with E-state index in [9.17, 15) is 4.79 Å². The van der Waals surface area contributed by atoms with Crippen molar-refractivity contribution in [2.45, 2.75) is 13.0 Å². The van der Waals surface area contributed by atoms with Gasteiger partial charge in [0.2, 0.25) is 0 Å². The highest BCUT2D eigenvalue weighted by atomic mass is 32.1. The van der Waals surface area contributed by atoms with Crippen LogP contribution in [-0.2, 0) is 20.0 Å². The number of nitrogens with one attached hydrogen (secondary N) is 1. The van der Waals surface area contributed by atoms with E-state index in [1.54, 1.807) is 36.1 Å². The Morgan fingerprint density at radius 3 is 2.84 bits per heavy atom. The molecule has 0 spiro atoms. The van der Waals surface area contributed by atoms with Crippen LogP contribution in [0, 0.1) is 0 Å². The number of hydrogen-bond acceptors (Lipinski definition) is 6. The summed E-state index contributed by atoms with van der Waals surface area (Å²) in [6, 6.07) is 9.89. The number of fused-ring (bicyclic) bond motifs is 4. The molecule has 6 aromatic rings. The molecule has 0 aliphatic carbocycles. The molecule has 0 radical (unpaired) electrons. The van der Waals surface area contributed by atoms with E-state index < -0.39 is 0 Å². The first-order valence-electron chi connectivity index (χ1n) is 9.83. The van der Waals surface area contributed by atoms with Crippen molar-refractivity contribution in [2.24, 2.45) is 7.05 Å². The van der Waals surface area contributed by atoms with E-state index in [1.807, 2.05) is 41.9 Å². The second kappa shape index (κ2) is 6.85. The van der Waals surface area contributed by atoms with Crippen LogP contribution in [0.2, 0.25) is 0 Å². The number of rotatable bonds is 4. The Balaban J connectivity index is 1.43. The summed E-state index contributed by atoms with van der Waals surface area (Å²) >= 11 is 1.61. The average Bonchev–Trinajstić information content (AvgIpc) is 3.48. The van der Waals surface area contributed by atoms with Gasteiger partial charge in [0.05, 0.1) is 29.2 Å². The highest BCUT2D eigenvalue weighted by Gasteiger charge is 2.18. The average molecular weight is 427 g/mol. The third kappa shape index (κ3) is 2.85. The first kappa shape index (κ1) is 18.0. The monoisotopic (exact) mass is 427 g/mol. The van der Waals surface area contributed by atoms with Crippen molar-refractivity contribution in [3.63, 3.8) is 0 Å². The normalized spacial score (nSPS) is 11.8. The molecular formula is C22H17N7OS. The van der Waals surface area contributed by atoms with Gasteiger partial charge in [0.15, 0.2) is 5.65 Å². The van der Waals surface area contributed by atoms with Gasteiger partial charge in [0.1, 0.15) is 10.5 Å². The predicted molar refractivity (Wildman–Crippen MR) is 120 cm³/mol. The van der Waals surface area contributed by atoms with Crippen LogP contribution in [0.25, 0.3) is 32.2 Å². The molecule has 0 aliphatic heterocycles. The molecule has 6 rings (SSSR count). The molecule has 31 heavy (non-hydrogen) atoms. The number of benzene rings is 1. The van der Waals surface area contributed by atoms with E-state index in [4.69, 9.17) is 4.98 Å². The SMILES string of the molecule is Cn1c2nc(Cc3ccncc3)sc2c2cnn(Cc3cccc4[nH]ncc34)c(=O)c21. The predicted octanol–water partition coefficient (Wildman–Crippen LogP) is 3.26. The number of H-pyrrole nitrogens is 1. The topological polar surface area (TPSA) is 94.3 Å². The number of pyridine rings is 1. The smallest absolute Gasteiger partial charge is 0.291 e. The Kier molecular flexibility index (Phi) is 3.97. The zero-order valence-electron chi connectivity index (χ0n) is 16.6. The van der Waals surface area contributed by atoms with Crippen LogP contribution in [0.3, 0.4) is 0 Å². The van der Waals surface area contributed by atoms with Crippen LogP contribution in [0.15, 0.2) is 59.9 Å². The number of thiazole rings is 1. The van der Waals surface area contributed by atoms with Gasteiger partial charge in [-0.15, -0.1) is 11.3 Å². The Morgan fingerprint density at radius 2 is 1.97 bits per heavy atom. The third-order valence-electron chi connectivity index (χ3n) is 5.57. The maximum absolute atomic E-state index is 13.3. The van der Waals surface area contributed by atoms with E-state index in [1.165, 1.54) is 4.68 Å². The first-order chi connectivity index (χ1) is 15.2. The summed E-state index contributed by atoms with van der Waals surface area (Å²) in [6.45, 7) is 0.380. The minimum Gasteiger partial charge on any atom is -0.323 e. The summed E-state index contributed by atoms with van der Waals surface area (Å²) in [5, 5.41) is 14.4. The molecule has 5 aromatic heterocycles. The van der Waals surface area contributed by atoms with Gasteiger partial charge in [-0.2, -0.15) is 10.2 Å². The van der Waals surface area contributed by atoms with Gasteiger partial charge in [-0.25, -0.2) is 9.67 Å². The lowest BCUT2D eigenvalue weighted by Gasteiger charge is -2.07. The molecule has 0 aliphatic rings. The summed E-state index contributed by atoms with van der Waals surface area (Å²) in [5.74, 6) is 0. The Labute approximate surface area is 179 Å². The van der Waals surface area contributed by atoms with Gasteiger partial charge in [-0.1, -0.05) is 12.1 Å². The van der Waals surface area contributed by atoms with Crippen molar-refractivity contribution in [1.29, 1.82) is 0 Å². The van der Waals surface area contributed by atoms with Crippen molar-refractivity contribution < 1.29 is 0 Å². The fourth-order valence-corrected chi connectivity index (χ4v) is 5.16. The lowest BCUT2D eigenvalue weighted by atomic mass is 10.1. The summed E-state index contributed by atoms with van der Waals surface area (Å²) in [4.78, 5) is 22.2. The minimum absolute atomic E-state index is 0.124. The number of hydrogen-bond donors (Lipinski definition) is 1. The molecule has 0 unspecified atom stereocenters. The molecule has 1 aromatic carbocycles. The van der Waals surface area contributed by atoms with Gasteiger partial charge in [0, 0.05) is 36.6 Å². The Bertz CT molecular complexity index is 1620. The largest absolute Gasteiger partial charge is 0.323 e. The van der Waals surface area contributed by atoms with Gasteiger partial charge >= 0.3 is 0 Å². The fraction of sp³-hybridized carbons (Fsp3) is 0.136. The summed E-state index contributed by atoms with van der Waals surface area (Å²) in [5.41, 5.74) is 4.41. The van der Waals surface area contributed by atoms with Crippen LogP contribution in [0.5, 0.6) is 0 Å². The minimum atomic E-state index is -0.124. The Hall–Kier alpha value is -3.85. The van der Waals surface area contributed by atoms with Gasteiger partial charge < -0.3 is 4.57 Å². The Morgan fingerprint density at radius 1 is 1.10 bits per heavy atom. The van der Waals surface area contributed by atoms with Crippen molar-refractivity contribution >= 4 is 43.5 Å². The molecule has 5 heterocycles. The molecule has 8 nitrogen and oxygen atoms in total. The van der Waals surface area contributed by atoms with Gasteiger partial charge in [-0.3, -0.25) is 14.9 Å². The molecule has 0 atom stereocenters. The van der Waals surface area contributed by atoms with Crippen LogP contribution in [-0.4, -0.2) is 34.5 Å². The van der Waals surface area contributed by atoms with Crippen LogP contribution in [0.1, 0.15) is 16.1 Å². The maximum Gasteiger partial charge on any atom is 0.291 e. The van der Waals surface area contributed by atoms with E-state index >= 15 is 0 Å². The van der Waals surface area contributed by atoms with Gasteiger partial charge in [0.25, 0.3) is 5.56 Å². The van der Waals surface area contributed by atoms with Crippen molar-refractivity contribution in [1.82, 2.24) is 34.5 Å². The zero-order chi connectivity index (χ0) is 20.9. The number of aromatic amines is 1. The van der Waals surface area contributed by atoms with Crippen LogP contribution < -0.4 is 5.56 Å². The maximum atomic E-state index is 13.3. The van der Waals surface area contributed by atoms with Crippen molar-refractivity contribution in [3.8, 4) is 0 Å². The number of nitrogens with zero attached hydrogens (tertiary/aromatic N) is 6. The van der Waals surface area contributed by atoms with E-state index in [2.05, 4.69) is 20.3 Å². The van der Waals surface area contributed by atoms with Crippen molar-refractivity contribution in [3.05, 3.63) is 81.6 Å². The summed E-state index contributed by atoms with van der Waals surface area (Å²) in [7, 11) is 1.89. The van der Waals surface area contributed by atoms with E-state index in [0.717, 1.165) is 49.2 Å². The fourth-order valence-electron chi connectivity index (χ4n) is 4.02. The highest BCUT2D eigenvalue weighted by molar-refractivity contribution is 7.19.